The summed E-state index contributed by atoms with van der Waals surface area (Å²) >= 11 is 0. The predicted molar refractivity (Wildman–Crippen MR) is 112 cm³/mol. The molecule has 1 saturated heterocycles. The van der Waals surface area contributed by atoms with Crippen LogP contribution in [0.4, 0.5) is 5.82 Å². The molecule has 1 aliphatic carbocycles. The highest BCUT2D eigenvalue weighted by Crippen LogP contribution is 2.43. The van der Waals surface area contributed by atoms with Gasteiger partial charge in [0.05, 0.1) is 5.69 Å². The third-order valence-corrected chi connectivity index (χ3v) is 5.89. The van der Waals surface area contributed by atoms with Crippen LogP contribution in [0.25, 0.3) is 22.0 Å². The highest BCUT2D eigenvalue weighted by molar-refractivity contribution is 6.24. The zero-order chi connectivity index (χ0) is 19.1. The van der Waals surface area contributed by atoms with Crippen molar-refractivity contribution in [1.29, 1.82) is 0 Å². The Labute approximate surface area is 164 Å². The molecule has 1 fully saturated rings. The minimum Gasteiger partial charge on any atom is -0.370 e. The number of ketones is 1. The van der Waals surface area contributed by atoms with Crippen LogP contribution in [0, 0.1) is 0 Å². The number of piperidine rings is 1. The van der Waals surface area contributed by atoms with Crippen LogP contribution in [0.5, 0.6) is 0 Å². The van der Waals surface area contributed by atoms with Gasteiger partial charge >= 0.3 is 0 Å². The van der Waals surface area contributed by atoms with Gasteiger partial charge in [0.25, 0.3) is 0 Å². The van der Waals surface area contributed by atoms with E-state index in [9.17, 15) is 4.79 Å². The number of hydrogen-bond donors (Lipinski definition) is 2. The van der Waals surface area contributed by atoms with Crippen LogP contribution >= 0.6 is 0 Å². The van der Waals surface area contributed by atoms with Crippen LogP contribution in [-0.4, -0.2) is 35.4 Å². The summed E-state index contributed by atoms with van der Waals surface area (Å²) < 4.78 is 0. The molecule has 5 nitrogen and oxygen atoms in total. The molecule has 3 aromatic rings. The second-order valence-corrected chi connectivity index (χ2v) is 7.63. The van der Waals surface area contributed by atoms with E-state index >= 15 is 0 Å². The van der Waals surface area contributed by atoms with Gasteiger partial charge in [-0.25, -0.2) is 4.98 Å². The largest absolute Gasteiger partial charge is 0.370 e. The quantitative estimate of drug-likeness (QED) is 0.564. The molecule has 0 radical (unpaired) electrons. The molecule has 28 heavy (non-hydrogen) atoms. The summed E-state index contributed by atoms with van der Waals surface area (Å²) in [6.45, 7) is 5.08. The molecule has 2 N–H and O–H groups in total. The minimum atomic E-state index is 0.000952. The molecule has 2 aromatic heterocycles. The molecule has 5 heteroatoms. The molecule has 1 aromatic carbocycles. The maximum Gasteiger partial charge on any atom is 0.212 e. The molecule has 5 rings (SSSR count). The summed E-state index contributed by atoms with van der Waals surface area (Å²) in [7, 11) is 0. The molecule has 0 saturated carbocycles. The lowest BCUT2D eigenvalue weighted by Crippen LogP contribution is -2.27. The Hall–Kier alpha value is -2.79. The van der Waals surface area contributed by atoms with Crippen molar-refractivity contribution in [3.63, 3.8) is 0 Å². The number of pyridine rings is 2. The van der Waals surface area contributed by atoms with Crippen LogP contribution in [0.3, 0.4) is 0 Å². The van der Waals surface area contributed by atoms with Crippen molar-refractivity contribution in [2.45, 2.75) is 32.1 Å². The maximum atomic E-state index is 13.1. The fourth-order valence-corrected chi connectivity index (χ4v) is 4.57. The van der Waals surface area contributed by atoms with Gasteiger partial charge in [-0.1, -0.05) is 31.2 Å². The van der Waals surface area contributed by atoms with Crippen LogP contribution in [-0.2, 0) is 0 Å². The average Bonchev–Trinajstić information content (AvgIpc) is 2.76. The number of carbonyl (C=O) groups excluding carboxylic acids is 1. The van der Waals surface area contributed by atoms with Gasteiger partial charge in [-0.15, -0.1) is 0 Å². The summed E-state index contributed by atoms with van der Waals surface area (Å²) in [4.78, 5) is 22.7. The zero-order valence-electron chi connectivity index (χ0n) is 16.1. The standard InChI is InChI=1S/C23H24N4O/c1-2-10-26-23-18(14-7-11-24-12-8-14)17-9-13-25-21-19(17)20(27-23)15-5-3-4-6-16(15)22(21)28/h3-6,9,13-14,24H,2,7-8,10-12H2,1H3,(H,26,27). The number of benzene rings is 1. The van der Waals surface area contributed by atoms with Crippen molar-refractivity contribution in [2.24, 2.45) is 0 Å². The van der Waals surface area contributed by atoms with E-state index in [1.165, 1.54) is 5.56 Å². The zero-order valence-corrected chi connectivity index (χ0v) is 16.1. The number of carbonyl (C=O) groups is 1. The summed E-state index contributed by atoms with van der Waals surface area (Å²) in [5.74, 6) is 1.41. The molecule has 0 atom stereocenters. The number of nitrogens with one attached hydrogen (secondary N) is 2. The lowest BCUT2D eigenvalue weighted by Gasteiger charge is -2.28. The van der Waals surface area contributed by atoms with Gasteiger partial charge in [-0.2, -0.15) is 0 Å². The summed E-state index contributed by atoms with van der Waals surface area (Å²) in [6.07, 6.45) is 4.98. The first-order valence-electron chi connectivity index (χ1n) is 10.2. The van der Waals surface area contributed by atoms with Crippen LogP contribution < -0.4 is 10.6 Å². The number of aromatic nitrogens is 2. The minimum absolute atomic E-state index is 0.000952. The Morgan fingerprint density at radius 2 is 1.89 bits per heavy atom. The smallest absolute Gasteiger partial charge is 0.212 e. The lowest BCUT2D eigenvalue weighted by atomic mass is 9.83. The fourth-order valence-electron chi connectivity index (χ4n) is 4.57. The highest BCUT2D eigenvalue weighted by Gasteiger charge is 2.31. The van der Waals surface area contributed by atoms with E-state index in [1.807, 2.05) is 24.3 Å². The Balaban J connectivity index is 1.83. The number of anilines is 1. The van der Waals surface area contributed by atoms with Crippen LogP contribution in [0.1, 0.15) is 53.7 Å². The monoisotopic (exact) mass is 372 g/mol. The van der Waals surface area contributed by atoms with E-state index in [0.29, 0.717) is 17.2 Å². The Bertz CT molecular complexity index is 1070. The molecule has 0 spiro atoms. The number of hydrogen-bond acceptors (Lipinski definition) is 5. The van der Waals surface area contributed by atoms with E-state index in [-0.39, 0.29) is 5.78 Å². The second kappa shape index (κ2) is 6.99. The van der Waals surface area contributed by atoms with Crippen molar-refractivity contribution in [3.8, 4) is 11.3 Å². The number of rotatable bonds is 4. The van der Waals surface area contributed by atoms with Crippen molar-refractivity contribution >= 4 is 22.4 Å². The first kappa shape index (κ1) is 17.3. The van der Waals surface area contributed by atoms with Gasteiger partial charge in [0.2, 0.25) is 5.78 Å². The average molecular weight is 372 g/mol. The molecule has 142 valence electrons. The SMILES string of the molecule is CCCNc1nc2c3c(nccc3c1C1CCNCC1)C(=O)c1ccccc1-2. The van der Waals surface area contributed by atoms with Gasteiger partial charge < -0.3 is 10.6 Å². The number of nitrogens with zero attached hydrogens (tertiary/aromatic N) is 2. The van der Waals surface area contributed by atoms with Crippen molar-refractivity contribution in [1.82, 2.24) is 15.3 Å². The van der Waals surface area contributed by atoms with Crippen molar-refractivity contribution in [2.75, 3.05) is 25.0 Å². The molecule has 0 unspecified atom stereocenters. The van der Waals surface area contributed by atoms with Crippen molar-refractivity contribution < 1.29 is 4.79 Å². The molecule has 1 aliphatic heterocycles. The van der Waals surface area contributed by atoms with Gasteiger partial charge in [0.1, 0.15) is 11.5 Å². The fraction of sp³-hybridized carbons (Fsp3) is 0.348. The topological polar surface area (TPSA) is 66.9 Å². The third kappa shape index (κ3) is 2.61. The lowest BCUT2D eigenvalue weighted by molar-refractivity contribution is 0.103. The van der Waals surface area contributed by atoms with Crippen LogP contribution in [0.15, 0.2) is 36.5 Å². The first-order chi connectivity index (χ1) is 13.8. The van der Waals surface area contributed by atoms with E-state index < -0.39 is 0 Å². The Kier molecular flexibility index (Phi) is 4.32. The van der Waals surface area contributed by atoms with Crippen LogP contribution in [0.2, 0.25) is 0 Å². The van der Waals surface area contributed by atoms with Gasteiger partial charge in [0, 0.05) is 34.8 Å². The van der Waals surface area contributed by atoms with E-state index in [0.717, 1.165) is 66.7 Å². The molecule has 3 heterocycles. The second-order valence-electron chi connectivity index (χ2n) is 7.63. The van der Waals surface area contributed by atoms with Gasteiger partial charge in [-0.05, 0) is 49.7 Å². The molecular weight excluding hydrogens is 348 g/mol. The molecular formula is C23H24N4O. The van der Waals surface area contributed by atoms with Gasteiger partial charge in [0.15, 0.2) is 0 Å². The third-order valence-electron chi connectivity index (χ3n) is 5.89. The van der Waals surface area contributed by atoms with E-state index in [4.69, 9.17) is 4.98 Å². The predicted octanol–water partition coefficient (Wildman–Crippen LogP) is 4.13. The highest BCUT2D eigenvalue weighted by atomic mass is 16.1. The van der Waals surface area contributed by atoms with Crippen molar-refractivity contribution in [3.05, 3.63) is 53.3 Å². The Morgan fingerprint density at radius 3 is 2.68 bits per heavy atom. The van der Waals surface area contributed by atoms with Gasteiger partial charge in [-0.3, -0.25) is 9.78 Å². The summed E-state index contributed by atoms with van der Waals surface area (Å²) in [5.41, 5.74) is 4.28. The molecule has 2 aliphatic rings. The molecule has 0 amide bonds. The Morgan fingerprint density at radius 1 is 1.11 bits per heavy atom. The first-order valence-corrected chi connectivity index (χ1v) is 10.2. The normalized spacial score (nSPS) is 16.2. The maximum absolute atomic E-state index is 13.1. The van der Waals surface area contributed by atoms with E-state index in [2.05, 4.69) is 28.6 Å². The summed E-state index contributed by atoms with van der Waals surface area (Å²) in [6, 6.07) is 9.82. The van der Waals surface area contributed by atoms with E-state index in [1.54, 1.807) is 6.20 Å². The number of fused-ring (bicyclic) bond motifs is 2. The summed E-state index contributed by atoms with van der Waals surface area (Å²) in [5, 5.41) is 9.08. The molecule has 0 bridgehead atoms.